The molecule has 0 aliphatic carbocycles. The monoisotopic (exact) mass is 353 g/mol. The number of fused-ring (bicyclic) bond motifs is 1. The second kappa shape index (κ2) is 6.42. The van der Waals surface area contributed by atoms with Gasteiger partial charge in [-0.1, -0.05) is 30.3 Å². The van der Waals surface area contributed by atoms with Crippen molar-refractivity contribution in [1.29, 1.82) is 0 Å². The average Bonchev–Trinajstić information content (AvgIpc) is 2.99. The van der Waals surface area contributed by atoms with Crippen LogP contribution in [-0.2, 0) is 4.79 Å². The third-order valence-electron chi connectivity index (χ3n) is 4.56. The maximum absolute atomic E-state index is 11.6. The minimum Gasteiger partial charge on any atom is -0.368 e. The van der Waals surface area contributed by atoms with Gasteiger partial charge in [0, 0.05) is 24.5 Å². The van der Waals surface area contributed by atoms with Gasteiger partial charge in [0.25, 0.3) is 0 Å². The van der Waals surface area contributed by atoms with Crippen molar-refractivity contribution in [2.75, 3.05) is 24.5 Å². The molecule has 0 bridgehead atoms. The van der Waals surface area contributed by atoms with Gasteiger partial charge in [0.05, 0.1) is 5.39 Å². The van der Waals surface area contributed by atoms with E-state index in [1.807, 2.05) is 18.2 Å². The summed E-state index contributed by atoms with van der Waals surface area (Å²) in [6.07, 6.45) is 1.60. The largest absolute Gasteiger partial charge is 0.368 e. The molecule has 7 heteroatoms. The number of nitrogens with two attached hydrogens (primary N) is 1. The third-order valence-corrected chi connectivity index (χ3v) is 5.81. The lowest BCUT2D eigenvalue weighted by molar-refractivity contribution is -0.120. The van der Waals surface area contributed by atoms with E-state index in [1.54, 1.807) is 17.7 Å². The number of nitrogens with zero attached hydrogens (tertiary/aromatic N) is 3. The van der Waals surface area contributed by atoms with Crippen LogP contribution >= 0.6 is 11.3 Å². The number of anilines is 1. The lowest BCUT2D eigenvalue weighted by Gasteiger charge is -2.33. The Morgan fingerprint density at radius 1 is 1.32 bits per heavy atom. The van der Waals surface area contributed by atoms with Crippen molar-refractivity contribution in [2.45, 2.75) is 13.0 Å². The van der Waals surface area contributed by atoms with Gasteiger partial charge in [-0.15, -0.1) is 11.3 Å². The highest BCUT2D eigenvalue weighted by Gasteiger charge is 2.26. The van der Waals surface area contributed by atoms with Gasteiger partial charge in [0.15, 0.2) is 0 Å². The molecule has 1 saturated heterocycles. The van der Waals surface area contributed by atoms with Crippen molar-refractivity contribution in [2.24, 2.45) is 5.73 Å². The Morgan fingerprint density at radius 3 is 2.88 bits per heavy atom. The van der Waals surface area contributed by atoms with Gasteiger partial charge in [0.2, 0.25) is 5.91 Å². The zero-order valence-corrected chi connectivity index (χ0v) is 14.7. The number of piperazine rings is 1. The predicted octanol–water partition coefficient (Wildman–Crippen LogP) is 1.93. The number of hydrogen-bond acceptors (Lipinski definition) is 6. The van der Waals surface area contributed by atoms with E-state index in [4.69, 9.17) is 5.73 Å². The predicted molar refractivity (Wildman–Crippen MR) is 101 cm³/mol. The van der Waals surface area contributed by atoms with Crippen LogP contribution in [0.5, 0.6) is 0 Å². The van der Waals surface area contributed by atoms with E-state index in [0.717, 1.165) is 22.6 Å². The van der Waals surface area contributed by atoms with Crippen LogP contribution in [0, 0.1) is 6.92 Å². The van der Waals surface area contributed by atoms with E-state index in [2.05, 4.69) is 39.2 Å². The molecule has 6 nitrogen and oxygen atoms in total. The molecule has 25 heavy (non-hydrogen) atoms. The number of rotatable bonds is 3. The molecule has 1 aliphatic heterocycles. The molecular formula is C18H19N5OS. The normalized spacial score (nSPS) is 17.8. The van der Waals surface area contributed by atoms with Crippen molar-refractivity contribution >= 4 is 33.3 Å². The number of thiophene rings is 1. The molecule has 128 valence electrons. The van der Waals surface area contributed by atoms with E-state index >= 15 is 0 Å². The first kappa shape index (κ1) is 16.0. The van der Waals surface area contributed by atoms with Gasteiger partial charge < -0.3 is 16.0 Å². The molecule has 2 aromatic heterocycles. The third kappa shape index (κ3) is 2.85. The molecular weight excluding hydrogens is 334 g/mol. The molecule has 1 aliphatic rings. The summed E-state index contributed by atoms with van der Waals surface area (Å²) in [6.45, 7) is 4.12. The van der Waals surface area contributed by atoms with E-state index in [-0.39, 0.29) is 11.9 Å². The van der Waals surface area contributed by atoms with E-state index < -0.39 is 0 Å². The van der Waals surface area contributed by atoms with Crippen LogP contribution in [0.4, 0.5) is 5.82 Å². The summed E-state index contributed by atoms with van der Waals surface area (Å²) in [5.41, 5.74) is 7.83. The van der Waals surface area contributed by atoms with Gasteiger partial charge in [-0.2, -0.15) is 0 Å². The second-order valence-electron chi connectivity index (χ2n) is 6.15. The first-order chi connectivity index (χ1) is 12.1. The molecule has 0 spiro atoms. The maximum Gasteiger partial charge on any atom is 0.236 e. The molecule has 1 unspecified atom stereocenters. The number of hydrogen-bond donors (Lipinski definition) is 2. The standard InChI is InChI=1S/C18H19N5OS/c1-11-14-17(23-8-7-20-13(9-23)16(19)24)21-10-22-18(14)25-15(11)12-5-3-2-4-6-12/h2-6,10,13,20H,7-9H2,1H3,(H2,19,24). The zero-order chi connectivity index (χ0) is 17.4. The highest BCUT2D eigenvalue weighted by molar-refractivity contribution is 7.22. The van der Waals surface area contributed by atoms with Gasteiger partial charge in [-0.3, -0.25) is 4.79 Å². The van der Waals surface area contributed by atoms with Crippen LogP contribution in [0.3, 0.4) is 0 Å². The lowest BCUT2D eigenvalue weighted by atomic mass is 10.1. The van der Waals surface area contributed by atoms with E-state index in [1.165, 1.54) is 16.0 Å². The fourth-order valence-corrected chi connectivity index (χ4v) is 4.44. The fraction of sp³-hybridized carbons (Fsp3) is 0.278. The highest BCUT2D eigenvalue weighted by atomic mass is 32.1. The van der Waals surface area contributed by atoms with Crippen LogP contribution < -0.4 is 16.0 Å². The minimum absolute atomic E-state index is 0.331. The Hall–Kier alpha value is -2.51. The van der Waals surface area contributed by atoms with Crippen molar-refractivity contribution in [3.63, 3.8) is 0 Å². The lowest BCUT2D eigenvalue weighted by Crippen LogP contribution is -2.56. The molecule has 1 atom stereocenters. The van der Waals surface area contributed by atoms with E-state index in [0.29, 0.717) is 13.1 Å². The number of carbonyl (C=O) groups is 1. The summed E-state index contributed by atoms with van der Waals surface area (Å²) in [4.78, 5) is 24.9. The Balaban J connectivity index is 1.80. The summed E-state index contributed by atoms with van der Waals surface area (Å²) >= 11 is 1.68. The molecule has 1 fully saturated rings. The Labute approximate surface area is 149 Å². The van der Waals surface area contributed by atoms with Gasteiger partial charge in [0.1, 0.15) is 23.0 Å². The Bertz CT molecular complexity index is 924. The average molecular weight is 353 g/mol. The molecule has 3 heterocycles. The molecule has 3 N–H and O–H groups in total. The Kier molecular flexibility index (Phi) is 4.10. The summed E-state index contributed by atoms with van der Waals surface area (Å²) in [6, 6.07) is 9.96. The number of primary amides is 1. The number of aromatic nitrogens is 2. The second-order valence-corrected chi connectivity index (χ2v) is 7.15. The van der Waals surface area contributed by atoms with Crippen LogP contribution in [0.25, 0.3) is 20.7 Å². The summed E-state index contributed by atoms with van der Waals surface area (Å²) in [7, 11) is 0. The first-order valence-electron chi connectivity index (χ1n) is 8.22. The zero-order valence-electron chi connectivity index (χ0n) is 13.9. The maximum atomic E-state index is 11.6. The number of carbonyl (C=O) groups excluding carboxylic acids is 1. The fourth-order valence-electron chi connectivity index (χ4n) is 3.29. The SMILES string of the molecule is Cc1c(-c2ccccc2)sc2ncnc(N3CCNC(C(N)=O)C3)c12. The Morgan fingerprint density at radius 2 is 2.12 bits per heavy atom. The van der Waals surface area contributed by atoms with Crippen molar-refractivity contribution in [3.05, 3.63) is 42.2 Å². The first-order valence-corrected chi connectivity index (χ1v) is 9.04. The van der Waals surface area contributed by atoms with Crippen molar-refractivity contribution in [1.82, 2.24) is 15.3 Å². The summed E-state index contributed by atoms with van der Waals surface area (Å²) < 4.78 is 0. The molecule has 0 radical (unpaired) electrons. The highest BCUT2D eigenvalue weighted by Crippen LogP contribution is 2.40. The smallest absolute Gasteiger partial charge is 0.236 e. The van der Waals surface area contributed by atoms with Crippen molar-refractivity contribution < 1.29 is 4.79 Å². The molecule has 0 saturated carbocycles. The summed E-state index contributed by atoms with van der Waals surface area (Å²) in [5.74, 6) is 0.552. The van der Waals surface area contributed by atoms with Crippen LogP contribution in [0.2, 0.25) is 0 Å². The van der Waals surface area contributed by atoms with Crippen LogP contribution in [0.1, 0.15) is 5.56 Å². The molecule has 1 amide bonds. The van der Waals surface area contributed by atoms with Gasteiger partial charge in [-0.05, 0) is 18.1 Å². The number of aryl methyl sites for hydroxylation is 1. The number of nitrogens with one attached hydrogen (secondary N) is 1. The topological polar surface area (TPSA) is 84.1 Å². The number of amides is 1. The van der Waals surface area contributed by atoms with Crippen molar-refractivity contribution in [3.8, 4) is 10.4 Å². The van der Waals surface area contributed by atoms with Gasteiger partial charge in [-0.25, -0.2) is 9.97 Å². The van der Waals surface area contributed by atoms with Gasteiger partial charge >= 0.3 is 0 Å². The minimum atomic E-state index is -0.355. The molecule has 1 aromatic carbocycles. The number of benzene rings is 1. The molecule has 4 rings (SSSR count). The van der Waals surface area contributed by atoms with Crippen LogP contribution in [0.15, 0.2) is 36.7 Å². The summed E-state index contributed by atoms with van der Waals surface area (Å²) in [5, 5.41) is 4.22. The van der Waals surface area contributed by atoms with Crippen LogP contribution in [-0.4, -0.2) is 41.6 Å². The quantitative estimate of drug-likeness (QED) is 0.752. The molecule has 3 aromatic rings. The van der Waals surface area contributed by atoms with E-state index in [9.17, 15) is 4.79 Å².